The summed E-state index contributed by atoms with van der Waals surface area (Å²) in [5.41, 5.74) is 6.40. The van der Waals surface area contributed by atoms with Crippen LogP contribution in [-0.2, 0) is 9.84 Å². The van der Waals surface area contributed by atoms with E-state index in [4.69, 9.17) is 10.9 Å². The zero-order valence-electron chi connectivity index (χ0n) is 11.6. The molecule has 1 aliphatic heterocycles. The van der Waals surface area contributed by atoms with Gasteiger partial charge < -0.3 is 15.8 Å². The SMILES string of the molecule is CC1CS(=O)(=O)CCN1C(=O)c1ccc(/C(N)=N/O)cc1. The third kappa shape index (κ3) is 3.33. The second-order valence-electron chi connectivity index (χ2n) is 5.02. The molecule has 114 valence electrons. The number of amidine groups is 1. The molecule has 0 saturated carbocycles. The first kappa shape index (κ1) is 15.3. The van der Waals surface area contributed by atoms with E-state index in [-0.39, 0.29) is 35.8 Å². The summed E-state index contributed by atoms with van der Waals surface area (Å²) < 4.78 is 23.1. The van der Waals surface area contributed by atoms with Crippen LogP contribution in [0, 0.1) is 0 Å². The van der Waals surface area contributed by atoms with Gasteiger partial charge in [0.15, 0.2) is 15.7 Å². The molecule has 1 amide bonds. The van der Waals surface area contributed by atoms with Crippen molar-refractivity contribution in [2.45, 2.75) is 13.0 Å². The first-order valence-corrected chi connectivity index (χ1v) is 8.25. The largest absolute Gasteiger partial charge is 0.409 e. The maximum absolute atomic E-state index is 12.4. The molecule has 1 fully saturated rings. The summed E-state index contributed by atoms with van der Waals surface area (Å²) in [6.45, 7) is 1.92. The lowest BCUT2D eigenvalue weighted by atomic mass is 10.1. The van der Waals surface area contributed by atoms with Gasteiger partial charge in [-0.25, -0.2) is 8.42 Å². The van der Waals surface area contributed by atoms with Crippen LogP contribution in [0.5, 0.6) is 0 Å². The topological polar surface area (TPSA) is 113 Å². The quantitative estimate of drug-likeness (QED) is 0.346. The van der Waals surface area contributed by atoms with Gasteiger partial charge in [-0.3, -0.25) is 4.79 Å². The average Bonchev–Trinajstić information content (AvgIpc) is 2.45. The minimum Gasteiger partial charge on any atom is -0.409 e. The third-order valence-corrected chi connectivity index (χ3v) is 5.26. The van der Waals surface area contributed by atoms with Crippen molar-refractivity contribution >= 4 is 21.6 Å². The zero-order chi connectivity index (χ0) is 15.6. The number of rotatable bonds is 2. The predicted octanol–water partition coefficient (Wildman–Crippen LogP) is 0.0402. The van der Waals surface area contributed by atoms with Crippen LogP contribution in [0.2, 0.25) is 0 Å². The van der Waals surface area contributed by atoms with Crippen molar-refractivity contribution in [3.05, 3.63) is 35.4 Å². The van der Waals surface area contributed by atoms with Gasteiger partial charge in [0.05, 0.1) is 11.5 Å². The molecule has 3 N–H and O–H groups in total. The van der Waals surface area contributed by atoms with Gasteiger partial charge in [-0.15, -0.1) is 0 Å². The highest BCUT2D eigenvalue weighted by molar-refractivity contribution is 7.91. The van der Waals surface area contributed by atoms with Gasteiger partial charge >= 0.3 is 0 Å². The Morgan fingerprint density at radius 3 is 2.43 bits per heavy atom. The number of nitrogens with two attached hydrogens (primary N) is 1. The molecule has 8 heteroatoms. The Bertz CT molecular complexity index is 667. The van der Waals surface area contributed by atoms with Gasteiger partial charge in [0.1, 0.15) is 0 Å². The average molecular weight is 311 g/mol. The fourth-order valence-corrected chi connectivity index (χ4v) is 3.86. The number of carbonyl (C=O) groups is 1. The highest BCUT2D eigenvalue weighted by Crippen LogP contribution is 2.16. The highest BCUT2D eigenvalue weighted by Gasteiger charge is 2.31. The number of hydrogen-bond donors (Lipinski definition) is 2. The molecule has 2 rings (SSSR count). The van der Waals surface area contributed by atoms with Crippen molar-refractivity contribution < 1.29 is 18.4 Å². The maximum Gasteiger partial charge on any atom is 0.254 e. The fourth-order valence-electron chi connectivity index (χ4n) is 2.31. The Labute approximate surface area is 123 Å². The number of amides is 1. The van der Waals surface area contributed by atoms with Crippen molar-refractivity contribution in [1.29, 1.82) is 0 Å². The monoisotopic (exact) mass is 311 g/mol. The van der Waals surface area contributed by atoms with Crippen molar-refractivity contribution in [3.63, 3.8) is 0 Å². The molecule has 1 aromatic carbocycles. The van der Waals surface area contributed by atoms with Crippen LogP contribution in [0.4, 0.5) is 0 Å². The summed E-state index contributed by atoms with van der Waals surface area (Å²) in [7, 11) is -3.06. The molecule has 7 nitrogen and oxygen atoms in total. The fraction of sp³-hybridized carbons (Fsp3) is 0.385. The second-order valence-corrected chi connectivity index (χ2v) is 7.25. The Balaban J connectivity index is 2.17. The molecular formula is C13H17N3O4S. The Morgan fingerprint density at radius 1 is 1.33 bits per heavy atom. The number of oxime groups is 1. The summed E-state index contributed by atoms with van der Waals surface area (Å²) in [5, 5.41) is 11.5. The van der Waals surface area contributed by atoms with E-state index < -0.39 is 9.84 Å². The van der Waals surface area contributed by atoms with Crippen LogP contribution >= 0.6 is 0 Å². The summed E-state index contributed by atoms with van der Waals surface area (Å²) in [4.78, 5) is 13.9. The molecule has 0 radical (unpaired) electrons. The van der Waals surface area contributed by atoms with Crippen LogP contribution < -0.4 is 5.73 Å². The summed E-state index contributed by atoms with van der Waals surface area (Å²) in [6.07, 6.45) is 0. The van der Waals surface area contributed by atoms with Crippen LogP contribution in [0.25, 0.3) is 0 Å². The molecule has 1 atom stereocenters. The third-order valence-electron chi connectivity index (χ3n) is 3.47. The van der Waals surface area contributed by atoms with E-state index in [0.717, 1.165) is 0 Å². The molecular weight excluding hydrogens is 294 g/mol. The standard InChI is InChI=1S/C13H17N3O4S/c1-9-8-21(19,20)7-6-16(9)13(17)11-4-2-10(3-5-11)12(14)15-18/h2-5,9,18H,6-8H2,1H3,(H2,14,15). The van der Waals surface area contributed by atoms with Crippen LogP contribution in [0.15, 0.2) is 29.4 Å². The van der Waals surface area contributed by atoms with Gasteiger partial charge in [-0.1, -0.05) is 17.3 Å². The van der Waals surface area contributed by atoms with E-state index in [1.54, 1.807) is 36.1 Å². The first-order valence-electron chi connectivity index (χ1n) is 6.43. The summed E-state index contributed by atoms with van der Waals surface area (Å²) in [6, 6.07) is 5.96. The predicted molar refractivity (Wildman–Crippen MR) is 78.1 cm³/mol. The first-order chi connectivity index (χ1) is 9.84. The van der Waals surface area contributed by atoms with E-state index in [2.05, 4.69) is 5.16 Å². The van der Waals surface area contributed by atoms with E-state index in [0.29, 0.717) is 11.1 Å². The maximum atomic E-state index is 12.4. The normalized spacial score (nSPS) is 22.0. The molecule has 0 bridgehead atoms. The van der Waals surface area contributed by atoms with E-state index in [1.807, 2.05) is 0 Å². The highest BCUT2D eigenvalue weighted by atomic mass is 32.2. The molecule has 0 aliphatic carbocycles. The van der Waals surface area contributed by atoms with Crippen LogP contribution in [-0.4, -0.2) is 54.4 Å². The van der Waals surface area contributed by atoms with Gasteiger partial charge in [0.2, 0.25) is 0 Å². The van der Waals surface area contributed by atoms with Crippen molar-refractivity contribution in [3.8, 4) is 0 Å². The van der Waals surface area contributed by atoms with Gasteiger partial charge in [0.25, 0.3) is 5.91 Å². The Morgan fingerprint density at radius 2 is 1.90 bits per heavy atom. The lowest BCUT2D eigenvalue weighted by molar-refractivity contribution is 0.0712. The van der Waals surface area contributed by atoms with Gasteiger partial charge in [-0.05, 0) is 19.1 Å². The molecule has 1 unspecified atom stereocenters. The van der Waals surface area contributed by atoms with Gasteiger partial charge in [-0.2, -0.15) is 0 Å². The van der Waals surface area contributed by atoms with E-state index >= 15 is 0 Å². The smallest absolute Gasteiger partial charge is 0.254 e. The van der Waals surface area contributed by atoms with Gasteiger partial charge in [0, 0.05) is 23.7 Å². The molecule has 0 spiro atoms. The number of nitrogens with zero attached hydrogens (tertiary/aromatic N) is 2. The molecule has 1 aliphatic rings. The van der Waals surface area contributed by atoms with Crippen LogP contribution in [0.3, 0.4) is 0 Å². The minimum absolute atomic E-state index is 0.00865. The number of benzene rings is 1. The van der Waals surface area contributed by atoms with Crippen molar-refractivity contribution in [1.82, 2.24) is 4.90 Å². The lowest BCUT2D eigenvalue weighted by Gasteiger charge is -2.33. The zero-order valence-corrected chi connectivity index (χ0v) is 12.4. The Kier molecular flexibility index (Phi) is 4.17. The van der Waals surface area contributed by atoms with Crippen molar-refractivity contribution in [2.75, 3.05) is 18.1 Å². The molecule has 21 heavy (non-hydrogen) atoms. The molecule has 1 aromatic rings. The number of carbonyl (C=O) groups excluding carboxylic acids is 1. The summed E-state index contributed by atoms with van der Waals surface area (Å²) >= 11 is 0. The molecule has 1 heterocycles. The summed E-state index contributed by atoms with van der Waals surface area (Å²) in [5.74, 6) is -0.276. The van der Waals surface area contributed by atoms with Crippen LogP contribution in [0.1, 0.15) is 22.8 Å². The lowest BCUT2D eigenvalue weighted by Crippen LogP contribution is -2.49. The number of hydrogen-bond acceptors (Lipinski definition) is 5. The van der Waals surface area contributed by atoms with E-state index in [9.17, 15) is 13.2 Å². The number of sulfone groups is 1. The second kappa shape index (κ2) is 5.72. The Hall–Kier alpha value is -2.09. The van der Waals surface area contributed by atoms with Crippen molar-refractivity contribution in [2.24, 2.45) is 10.9 Å². The van der Waals surface area contributed by atoms with E-state index in [1.165, 1.54) is 0 Å². The minimum atomic E-state index is -3.06. The molecule has 0 aromatic heterocycles. The molecule has 1 saturated heterocycles.